The quantitative estimate of drug-likeness (QED) is 0.497. The first-order valence-corrected chi connectivity index (χ1v) is 11.9. The first kappa shape index (κ1) is 17.4. The molecule has 0 bridgehead atoms. The van der Waals surface area contributed by atoms with Gasteiger partial charge < -0.3 is 0 Å². The van der Waals surface area contributed by atoms with Crippen LogP contribution in [0.3, 0.4) is 0 Å². The molecule has 0 spiro atoms. The van der Waals surface area contributed by atoms with Gasteiger partial charge in [-0.15, -0.1) is 0 Å². The fourth-order valence-electron chi connectivity index (χ4n) is 8.12. The molecule has 0 saturated heterocycles. The van der Waals surface area contributed by atoms with Crippen molar-refractivity contribution in [3.05, 3.63) is 0 Å². The molecule has 4 rings (SSSR count). The maximum atomic E-state index is 2.47. The van der Waals surface area contributed by atoms with Crippen LogP contribution in [0, 0.1) is 41.4 Å². The van der Waals surface area contributed by atoms with Gasteiger partial charge in [0.25, 0.3) is 0 Å². The van der Waals surface area contributed by atoms with E-state index in [1.165, 1.54) is 6.42 Å². The number of fused-ring (bicyclic) bond motifs is 2. The van der Waals surface area contributed by atoms with Crippen LogP contribution in [0.1, 0.15) is 110 Å². The number of hydrogen-bond donors (Lipinski definition) is 0. The minimum absolute atomic E-state index is 1.10. The molecule has 6 atom stereocenters. The normalized spacial score (nSPS) is 44.4. The Morgan fingerprint density at radius 1 is 0.583 bits per heavy atom. The summed E-state index contributed by atoms with van der Waals surface area (Å²) in [6.45, 7) is 2.47. The Morgan fingerprint density at radius 2 is 1.04 bits per heavy atom. The molecule has 4 aliphatic carbocycles. The molecule has 4 aliphatic rings. The van der Waals surface area contributed by atoms with E-state index < -0.39 is 0 Å². The largest absolute Gasteiger partial charge is 0.0654 e. The average Bonchev–Trinajstić information content (AvgIpc) is 2.65. The van der Waals surface area contributed by atoms with Crippen molar-refractivity contribution >= 4 is 0 Å². The van der Waals surface area contributed by atoms with E-state index in [0.29, 0.717) is 0 Å². The summed E-state index contributed by atoms with van der Waals surface area (Å²) in [7, 11) is 0. The number of hydrogen-bond acceptors (Lipinski definition) is 0. The number of rotatable bonds is 4. The summed E-state index contributed by atoms with van der Waals surface area (Å²) < 4.78 is 0. The van der Waals surface area contributed by atoms with Gasteiger partial charge in [-0.05, 0) is 67.1 Å². The van der Waals surface area contributed by atoms with Gasteiger partial charge in [0.2, 0.25) is 0 Å². The van der Waals surface area contributed by atoms with Crippen LogP contribution < -0.4 is 0 Å². The highest BCUT2D eigenvalue weighted by Gasteiger charge is 2.45. The molecule has 0 amide bonds. The summed E-state index contributed by atoms with van der Waals surface area (Å²) in [5.41, 5.74) is 0. The zero-order valence-electron chi connectivity index (χ0n) is 16.4. The Hall–Kier alpha value is 0. The summed E-state index contributed by atoms with van der Waals surface area (Å²) in [5, 5.41) is 0. The van der Waals surface area contributed by atoms with Crippen molar-refractivity contribution in [1.29, 1.82) is 0 Å². The molecule has 0 aromatic rings. The van der Waals surface area contributed by atoms with E-state index in [2.05, 4.69) is 6.92 Å². The van der Waals surface area contributed by atoms with Gasteiger partial charge in [-0.1, -0.05) is 84.0 Å². The molecule has 4 saturated carbocycles. The van der Waals surface area contributed by atoms with E-state index in [1.807, 2.05) is 0 Å². The molecule has 0 heterocycles. The molecule has 0 aromatic heterocycles. The molecule has 0 aromatic carbocycles. The SMILES string of the molecule is CCCC(C1CCCC2CCCCC21)C1CCCC2CCCCC21. The molecule has 0 aliphatic heterocycles. The second-order valence-electron chi connectivity index (χ2n) is 10.1. The maximum Gasteiger partial charge on any atom is -0.0352 e. The monoisotopic (exact) mass is 330 g/mol. The molecule has 6 unspecified atom stereocenters. The van der Waals surface area contributed by atoms with Gasteiger partial charge in [-0.2, -0.15) is 0 Å². The molecule has 0 radical (unpaired) electrons. The lowest BCUT2D eigenvalue weighted by Gasteiger charge is -2.51. The second kappa shape index (κ2) is 8.13. The van der Waals surface area contributed by atoms with Gasteiger partial charge in [0, 0.05) is 0 Å². The van der Waals surface area contributed by atoms with Crippen molar-refractivity contribution in [2.45, 2.75) is 110 Å². The van der Waals surface area contributed by atoms with E-state index >= 15 is 0 Å². The highest BCUT2D eigenvalue weighted by Crippen LogP contribution is 2.54. The van der Waals surface area contributed by atoms with Gasteiger partial charge in [0.1, 0.15) is 0 Å². The van der Waals surface area contributed by atoms with Crippen molar-refractivity contribution < 1.29 is 0 Å². The van der Waals surface area contributed by atoms with Crippen LogP contribution >= 0.6 is 0 Å². The third-order valence-corrected chi connectivity index (χ3v) is 8.98. The molecule has 138 valence electrons. The van der Waals surface area contributed by atoms with Crippen molar-refractivity contribution in [1.82, 2.24) is 0 Å². The molecular weight excluding hydrogens is 288 g/mol. The first-order chi connectivity index (χ1) is 11.9. The van der Waals surface area contributed by atoms with E-state index in [-0.39, 0.29) is 0 Å². The smallest absolute Gasteiger partial charge is 0.0352 e. The molecule has 0 nitrogen and oxygen atoms in total. The Bertz CT molecular complexity index is 347. The Balaban J connectivity index is 1.53. The summed E-state index contributed by atoms with van der Waals surface area (Å²) in [4.78, 5) is 0. The van der Waals surface area contributed by atoms with Crippen LogP contribution in [0.5, 0.6) is 0 Å². The Labute approximate surface area is 151 Å². The van der Waals surface area contributed by atoms with Crippen LogP contribution in [0.2, 0.25) is 0 Å². The molecular formula is C24H42. The fraction of sp³-hybridized carbons (Fsp3) is 1.00. The lowest BCUT2D eigenvalue weighted by molar-refractivity contribution is -0.0146. The third kappa shape index (κ3) is 3.45. The van der Waals surface area contributed by atoms with Gasteiger partial charge >= 0.3 is 0 Å². The van der Waals surface area contributed by atoms with Crippen LogP contribution in [-0.4, -0.2) is 0 Å². The first-order valence-electron chi connectivity index (χ1n) is 11.9. The van der Waals surface area contributed by atoms with Crippen molar-refractivity contribution in [3.8, 4) is 0 Å². The molecule has 4 fully saturated rings. The van der Waals surface area contributed by atoms with Crippen molar-refractivity contribution in [2.75, 3.05) is 0 Å². The van der Waals surface area contributed by atoms with Gasteiger partial charge in [-0.25, -0.2) is 0 Å². The highest BCUT2D eigenvalue weighted by atomic mass is 14.5. The van der Waals surface area contributed by atoms with E-state index in [4.69, 9.17) is 0 Å². The molecule has 24 heavy (non-hydrogen) atoms. The fourth-order valence-corrected chi connectivity index (χ4v) is 8.12. The van der Waals surface area contributed by atoms with Gasteiger partial charge in [0.15, 0.2) is 0 Å². The van der Waals surface area contributed by atoms with E-state index in [1.54, 1.807) is 96.3 Å². The summed E-state index contributed by atoms with van der Waals surface area (Å²) in [5.74, 6) is 7.86. The van der Waals surface area contributed by atoms with Crippen LogP contribution in [0.4, 0.5) is 0 Å². The molecule has 0 N–H and O–H groups in total. The van der Waals surface area contributed by atoms with Crippen LogP contribution in [0.25, 0.3) is 0 Å². The van der Waals surface area contributed by atoms with Gasteiger partial charge in [-0.3, -0.25) is 0 Å². The summed E-state index contributed by atoms with van der Waals surface area (Å²) in [6.07, 6.45) is 25.0. The van der Waals surface area contributed by atoms with Crippen molar-refractivity contribution in [2.24, 2.45) is 41.4 Å². The highest BCUT2D eigenvalue weighted by molar-refractivity contribution is 4.95. The minimum atomic E-state index is 1.10. The third-order valence-electron chi connectivity index (χ3n) is 8.98. The van der Waals surface area contributed by atoms with Crippen LogP contribution in [-0.2, 0) is 0 Å². The zero-order valence-corrected chi connectivity index (χ0v) is 16.4. The maximum absolute atomic E-state index is 2.47. The standard InChI is InChI=1S/C24H42/c1-2-9-22(23-16-7-12-18-10-3-5-14-20(18)23)24-17-8-13-19-11-4-6-15-21(19)24/h18-24H,2-17H2,1H3. The Morgan fingerprint density at radius 3 is 1.54 bits per heavy atom. The minimum Gasteiger partial charge on any atom is -0.0654 e. The Kier molecular flexibility index (Phi) is 5.90. The lowest BCUT2D eigenvalue weighted by Crippen LogP contribution is -2.42. The van der Waals surface area contributed by atoms with Crippen molar-refractivity contribution in [3.63, 3.8) is 0 Å². The zero-order chi connectivity index (χ0) is 16.4. The molecule has 0 heteroatoms. The second-order valence-corrected chi connectivity index (χ2v) is 10.1. The summed E-state index contributed by atoms with van der Waals surface area (Å²) in [6, 6.07) is 0. The average molecular weight is 331 g/mol. The van der Waals surface area contributed by atoms with E-state index in [0.717, 1.165) is 41.4 Å². The summed E-state index contributed by atoms with van der Waals surface area (Å²) >= 11 is 0. The predicted octanol–water partition coefficient (Wildman–Crippen LogP) is 7.62. The van der Waals surface area contributed by atoms with Crippen LogP contribution in [0.15, 0.2) is 0 Å². The van der Waals surface area contributed by atoms with Gasteiger partial charge in [0.05, 0.1) is 0 Å². The topological polar surface area (TPSA) is 0 Å². The van der Waals surface area contributed by atoms with E-state index in [9.17, 15) is 0 Å². The lowest BCUT2D eigenvalue weighted by atomic mass is 9.54. The predicted molar refractivity (Wildman–Crippen MR) is 104 cm³/mol.